The minimum Gasteiger partial charge on any atom is -0.497 e. The van der Waals surface area contributed by atoms with E-state index in [1.807, 2.05) is 42.1 Å². The van der Waals surface area contributed by atoms with E-state index >= 15 is 0 Å². The van der Waals surface area contributed by atoms with Crippen molar-refractivity contribution in [2.24, 2.45) is 5.16 Å². The molecule has 2 unspecified atom stereocenters. The van der Waals surface area contributed by atoms with Crippen LogP contribution in [0.2, 0.25) is 0 Å². The number of pyridine rings is 1. The van der Waals surface area contributed by atoms with Gasteiger partial charge >= 0.3 is 0 Å². The van der Waals surface area contributed by atoms with Crippen LogP contribution in [0.15, 0.2) is 126 Å². The van der Waals surface area contributed by atoms with Gasteiger partial charge in [-0.15, -0.1) is 11.8 Å². The van der Waals surface area contributed by atoms with E-state index in [0.717, 1.165) is 55.6 Å². The van der Waals surface area contributed by atoms with Crippen LogP contribution < -0.4 is 9.64 Å². The van der Waals surface area contributed by atoms with Crippen LogP contribution in [-0.2, 0) is 10.6 Å². The van der Waals surface area contributed by atoms with Crippen LogP contribution in [-0.4, -0.2) is 32.7 Å². The van der Waals surface area contributed by atoms with Crippen LogP contribution in [0.3, 0.4) is 0 Å². The van der Waals surface area contributed by atoms with Gasteiger partial charge in [0.05, 0.1) is 18.3 Å². The third kappa shape index (κ3) is 4.31. The van der Waals surface area contributed by atoms with Crippen LogP contribution in [0.5, 0.6) is 5.75 Å². The first-order chi connectivity index (χ1) is 21.6. The second kappa shape index (κ2) is 10.5. The Bertz CT molecular complexity index is 2010. The Balaban J connectivity index is 1.35. The molecule has 8 nitrogen and oxygen atoms in total. The number of nitrogens with zero attached hydrogens (tertiary/aromatic N) is 6. The van der Waals surface area contributed by atoms with Crippen molar-refractivity contribution in [1.82, 2.24) is 19.7 Å². The Morgan fingerprint density at radius 3 is 2.55 bits per heavy atom. The number of amidine groups is 1. The number of methoxy groups -OCH3 is 1. The molecule has 9 heteroatoms. The van der Waals surface area contributed by atoms with E-state index in [2.05, 4.69) is 94.7 Å². The monoisotopic (exact) mass is 596 g/mol. The first kappa shape index (κ1) is 26.5. The van der Waals surface area contributed by atoms with Gasteiger partial charge < -0.3 is 9.57 Å². The summed E-state index contributed by atoms with van der Waals surface area (Å²) in [5.74, 6) is 2.28. The molecule has 216 valence electrons. The Labute approximate surface area is 259 Å². The molecule has 2 aromatic heterocycles. The highest BCUT2D eigenvalue weighted by Crippen LogP contribution is 2.56. The summed E-state index contributed by atoms with van der Waals surface area (Å²) in [5.41, 5.74) is 5.19. The largest absolute Gasteiger partial charge is 0.497 e. The minimum absolute atomic E-state index is 0.0802. The van der Waals surface area contributed by atoms with Gasteiger partial charge in [-0.2, -0.15) is 5.10 Å². The molecular formula is C35H28N6O2S. The zero-order valence-corrected chi connectivity index (χ0v) is 25.0. The molecule has 0 saturated carbocycles. The van der Waals surface area contributed by atoms with E-state index in [4.69, 9.17) is 19.7 Å². The number of aryl methyl sites for hydroxylation is 1. The summed E-state index contributed by atoms with van der Waals surface area (Å²) < 4.78 is 7.20. The fraction of sp³-hybridized carbons (Fsp3) is 0.143. The molecule has 0 aliphatic carbocycles. The van der Waals surface area contributed by atoms with E-state index in [1.54, 1.807) is 24.4 Å². The minimum atomic E-state index is -0.929. The molecule has 4 heterocycles. The number of oxime groups is 1. The lowest BCUT2D eigenvalue weighted by molar-refractivity contribution is -0.0283. The smallest absolute Gasteiger partial charge is 0.242 e. The standard InChI is InChI=1S/C35H28N6O2S/c1-23-12-17-29-25(18-23)19-28(34(38-29)40-22-36-21-37-40)32-20-35(26-8-4-3-5-9-26)41(30-10-6-7-11-31(30)44-32)33(39-43-35)24-13-15-27(42-2)16-14-24/h3-19,21-22,32H,20H2,1-2H3. The van der Waals surface area contributed by atoms with E-state index in [-0.39, 0.29) is 5.25 Å². The summed E-state index contributed by atoms with van der Waals surface area (Å²) in [4.78, 5) is 19.5. The highest BCUT2D eigenvalue weighted by Gasteiger charge is 2.53. The van der Waals surface area contributed by atoms with Crippen LogP contribution >= 0.6 is 11.8 Å². The average molecular weight is 597 g/mol. The maximum Gasteiger partial charge on any atom is 0.242 e. The highest BCUT2D eigenvalue weighted by atomic mass is 32.2. The Hall–Kier alpha value is -5.15. The fourth-order valence-electron chi connectivity index (χ4n) is 6.13. The Kier molecular flexibility index (Phi) is 6.34. The lowest BCUT2D eigenvalue weighted by atomic mass is 9.91. The molecule has 8 rings (SSSR count). The zero-order chi connectivity index (χ0) is 29.7. The lowest BCUT2D eigenvalue weighted by Crippen LogP contribution is -2.47. The molecule has 0 fully saturated rings. The molecule has 0 bridgehead atoms. The van der Waals surface area contributed by atoms with Gasteiger partial charge in [0.15, 0.2) is 11.7 Å². The number of hydrogen-bond acceptors (Lipinski definition) is 8. The molecule has 2 atom stereocenters. The number of hydrogen-bond donors (Lipinski definition) is 0. The third-order valence-electron chi connectivity index (χ3n) is 8.23. The summed E-state index contributed by atoms with van der Waals surface area (Å²) in [5, 5.41) is 10.3. The van der Waals surface area contributed by atoms with Gasteiger partial charge in [-0.25, -0.2) is 14.6 Å². The van der Waals surface area contributed by atoms with Crippen molar-refractivity contribution in [2.45, 2.75) is 29.2 Å². The molecule has 0 N–H and O–H groups in total. The molecule has 0 saturated heterocycles. The molecule has 44 heavy (non-hydrogen) atoms. The summed E-state index contributed by atoms with van der Waals surface area (Å²) in [6.45, 7) is 2.10. The van der Waals surface area contributed by atoms with Gasteiger partial charge in [-0.05, 0) is 61.5 Å². The lowest BCUT2D eigenvalue weighted by Gasteiger charge is -2.38. The van der Waals surface area contributed by atoms with Gasteiger partial charge in [-0.3, -0.25) is 4.90 Å². The summed E-state index contributed by atoms with van der Waals surface area (Å²) >= 11 is 1.81. The summed E-state index contributed by atoms with van der Waals surface area (Å²) in [6.07, 6.45) is 3.83. The number of thioether (sulfide) groups is 1. The van der Waals surface area contributed by atoms with Crippen molar-refractivity contribution in [3.8, 4) is 11.6 Å². The first-order valence-corrected chi connectivity index (χ1v) is 15.3. The molecule has 0 spiro atoms. The Morgan fingerprint density at radius 2 is 1.75 bits per heavy atom. The quantitative estimate of drug-likeness (QED) is 0.205. The van der Waals surface area contributed by atoms with Crippen LogP contribution in [0, 0.1) is 6.92 Å². The van der Waals surface area contributed by atoms with Crippen molar-refractivity contribution in [1.29, 1.82) is 0 Å². The molecule has 0 radical (unpaired) electrons. The summed E-state index contributed by atoms with van der Waals surface area (Å²) in [7, 11) is 1.67. The average Bonchev–Trinajstić information content (AvgIpc) is 3.71. The number of para-hydroxylation sites is 1. The van der Waals surface area contributed by atoms with E-state index < -0.39 is 5.72 Å². The first-order valence-electron chi connectivity index (χ1n) is 14.4. The van der Waals surface area contributed by atoms with Crippen LogP contribution in [0.25, 0.3) is 16.7 Å². The number of rotatable bonds is 5. The number of benzene rings is 4. The molecule has 6 aromatic rings. The molecule has 2 aliphatic heterocycles. The van der Waals surface area contributed by atoms with Gasteiger partial charge in [0.1, 0.15) is 18.4 Å². The van der Waals surface area contributed by atoms with Crippen LogP contribution in [0.1, 0.15) is 33.9 Å². The maximum absolute atomic E-state index is 6.69. The number of aromatic nitrogens is 4. The van der Waals surface area contributed by atoms with Gasteiger partial charge in [0, 0.05) is 38.6 Å². The van der Waals surface area contributed by atoms with Crippen molar-refractivity contribution in [3.05, 3.63) is 138 Å². The molecule has 0 amide bonds. The predicted octanol–water partition coefficient (Wildman–Crippen LogP) is 7.42. The molecule has 2 aliphatic rings. The molecular weight excluding hydrogens is 568 g/mol. The Morgan fingerprint density at radius 1 is 0.932 bits per heavy atom. The van der Waals surface area contributed by atoms with E-state index in [0.29, 0.717) is 6.42 Å². The third-order valence-corrected chi connectivity index (χ3v) is 9.53. The second-order valence-corrected chi connectivity index (χ2v) is 12.2. The maximum atomic E-state index is 6.69. The van der Waals surface area contributed by atoms with Crippen LogP contribution in [0.4, 0.5) is 5.69 Å². The zero-order valence-electron chi connectivity index (χ0n) is 24.2. The van der Waals surface area contributed by atoms with Gasteiger partial charge in [-0.1, -0.05) is 59.3 Å². The fourth-order valence-corrected chi connectivity index (χ4v) is 7.48. The van der Waals surface area contributed by atoms with Gasteiger partial charge in [0.2, 0.25) is 5.72 Å². The number of fused-ring (bicyclic) bond motifs is 4. The number of anilines is 1. The SMILES string of the molecule is COc1ccc(C2=NOC3(c4ccccc4)CC(c4cc5cc(C)ccc5nc4-n4cncn4)Sc4ccccc4N23)cc1. The van der Waals surface area contributed by atoms with E-state index in [1.165, 1.54) is 5.56 Å². The van der Waals surface area contributed by atoms with Gasteiger partial charge in [0.25, 0.3) is 0 Å². The topological polar surface area (TPSA) is 77.7 Å². The normalized spacial score (nSPS) is 19.1. The van der Waals surface area contributed by atoms with Crippen molar-refractivity contribution >= 4 is 34.2 Å². The second-order valence-electron chi connectivity index (χ2n) is 10.9. The van der Waals surface area contributed by atoms with Crippen molar-refractivity contribution in [3.63, 3.8) is 0 Å². The number of ether oxygens (including phenoxy) is 1. The summed E-state index contributed by atoms with van der Waals surface area (Å²) in [6, 6.07) is 35.4. The van der Waals surface area contributed by atoms with Crippen molar-refractivity contribution < 1.29 is 9.57 Å². The van der Waals surface area contributed by atoms with Crippen molar-refractivity contribution in [2.75, 3.05) is 12.0 Å². The van der Waals surface area contributed by atoms with E-state index in [9.17, 15) is 0 Å². The predicted molar refractivity (Wildman–Crippen MR) is 172 cm³/mol. The highest BCUT2D eigenvalue weighted by molar-refractivity contribution is 7.99. The molecule has 4 aromatic carbocycles.